The van der Waals surface area contributed by atoms with Gasteiger partial charge in [0.25, 0.3) is 5.91 Å². The van der Waals surface area contributed by atoms with Gasteiger partial charge in [0.1, 0.15) is 5.54 Å². The predicted molar refractivity (Wildman–Crippen MR) is 98.5 cm³/mol. The summed E-state index contributed by atoms with van der Waals surface area (Å²) in [6.45, 7) is 1.90. The van der Waals surface area contributed by atoms with Crippen LogP contribution < -0.4 is 5.32 Å². The number of carbonyl (C=O) groups is 2. The molecule has 1 aromatic rings. The summed E-state index contributed by atoms with van der Waals surface area (Å²) in [6.07, 6.45) is 3.10. The van der Waals surface area contributed by atoms with E-state index in [1.165, 1.54) is 6.07 Å². The minimum absolute atomic E-state index is 0.0802. The molecule has 3 rings (SSSR count). The fourth-order valence-corrected chi connectivity index (χ4v) is 5.23. The molecular weight excluding hydrogens is 385 g/mol. The van der Waals surface area contributed by atoms with Gasteiger partial charge >= 0.3 is 0 Å². The molecule has 3 atom stereocenters. The van der Waals surface area contributed by atoms with E-state index in [0.717, 1.165) is 12.8 Å². The van der Waals surface area contributed by atoms with Crippen LogP contribution in [-0.2, 0) is 25.6 Å². The molecule has 0 bridgehead atoms. The van der Waals surface area contributed by atoms with E-state index >= 15 is 0 Å². The van der Waals surface area contributed by atoms with Crippen LogP contribution >= 0.6 is 34.8 Å². The predicted octanol–water partition coefficient (Wildman–Crippen LogP) is 4.02. The first-order valence-electron chi connectivity index (χ1n) is 8.36. The molecule has 25 heavy (non-hydrogen) atoms. The highest BCUT2D eigenvalue weighted by molar-refractivity contribution is 6.51. The van der Waals surface area contributed by atoms with Crippen molar-refractivity contribution in [2.24, 2.45) is 0 Å². The van der Waals surface area contributed by atoms with E-state index in [2.05, 4.69) is 5.32 Å². The first-order chi connectivity index (χ1) is 11.8. The van der Waals surface area contributed by atoms with E-state index in [9.17, 15) is 9.59 Å². The smallest absolute Gasteiger partial charge is 0.254 e. The minimum Gasteiger partial charge on any atom is -0.381 e. The summed E-state index contributed by atoms with van der Waals surface area (Å²) in [6, 6.07) is 3.23. The Morgan fingerprint density at radius 2 is 2.04 bits per heavy atom. The molecular formula is C18H20Cl3NO3. The van der Waals surface area contributed by atoms with E-state index in [4.69, 9.17) is 39.5 Å². The number of halogens is 3. The number of aryl methyl sites for hydroxylation is 1. The summed E-state index contributed by atoms with van der Waals surface area (Å²) in [5.41, 5.74) is 0.0555. The molecule has 1 saturated heterocycles. The first kappa shape index (κ1) is 19.0. The molecule has 7 heteroatoms. The second-order valence-corrected chi connectivity index (χ2v) is 8.16. The highest BCUT2D eigenvalue weighted by Crippen LogP contribution is 2.49. The second kappa shape index (κ2) is 6.73. The lowest BCUT2D eigenvalue weighted by Crippen LogP contribution is -2.52. The highest BCUT2D eigenvalue weighted by Gasteiger charge is 2.64. The van der Waals surface area contributed by atoms with Crippen LogP contribution in [0.15, 0.2) is 12.1 Å². The zero-order valence-electron chi connectivity index (χ0n) is 14.1. The molecule has 1 aliphatic carbocycles. The van der Waals surface area contributed by atoms with Gasteiger partial charge in [-0.05, 0) is 43.4 Å². The number of methoxy groups -OCH3 is 1. The van der Waals surface area contributed by atoms with Crippen LogP contribution in [0, 0.1) is 0 Å². The van der Waals surface area contributed by atoms with Gasteiger partial charge in [-0.15, -0.1) is 0 Å². The van der Waals surface area contributed by atoms with Crippen molar-refractivity contribution in [3.63, 3.8) is 0 Å². The van der Waals surface area contributed by atoms with Crippen molar-refractivity contribution < 1.29 is 14.3 Å². The van der Waals surface area contributed by atoms with Gasteiger partial charge in [0.15, 0.2) is 5.78 Å². The van der Waals surface area contributed by atoms with Crippen LogP contribution in [0.25, 0.3) is 0 Å². The number of benzene rings is 1. The summed E-state index contributed by atoms with van der Waals surface area (Å²) < 4.78 is 5.43. The van der Waals surface area contributed by atoms with Gasteiger partial charge in [-0.25, -0.2) is 0 Å². The SMILES string of the molecule is CCc1cc(Cl)cc(Cl)c1C1(Cl)C(=O)NC2(CCCC(OC)C2)C1=O. The van der Waals surface area contributed by atoms with E-state index in [1.54, 1.807) is 13.2 Å². The summed E-state index contributed by atoms with van der Waals surface area (Å²) in [5, 5.41) is 3.56. The monoisotopic (exact) mass is 403 g/mol. The third kappa shape index (κ3) is 2.87. The summed E-state index contributed by atoms with van der Waals surface area (Å²) >= 11 is 19.2. The number of ether oxygens (including phenoxy) is 1. The average Bonchev–Trinajstić information content (AvgIpc) is 2.75. The average molecular weight is 405 g/mol. The first-order valence-corrected chi connectivity index (χ1v) is 9.49. The molecule has 3 unspecified atom stereocenters. The molecule has 1 aromatic carbocycles. The van der Waals surface area contributed by atoms with Gasteiger partial charge < -0.3 is 10.1 Å². The van der Waals surface area contributed by atoms with Gasteiger partial charge in [-0.3, -0.25) is 9.59 Å². The van der Waals surface area contributed by atoms with Gasteiger partial charge in [-0.2, -0.15) is 0 Å². The molecule has 0 radical (unpaired) electrons. The van der Waals surface area contributed by atoms with E-state index in [0.29, 0.717) is 35.4 Å². The molecule has 2 fully saturated rings. The fourth-order valence-electron chi connectivity index (χ4n) is 4.06. The molecule has 4 nitrogen and oxygen atoms in total. The minimum atomic E-state index is -1.83. The number of alkyl halides is 1. The number of hydrogen-bond donors (Lipinski definition) is 1. The Morgan fingerprint density at radius 1 is 1.32 bits per heavy atom. The Morgan fingerprint density at radius 3 is 2.68 bits per heavy atom. The number of Topliss-reactive ketones (excluding diaryl/α,β-unsaturated/α-hetero) is 1. The molecule has 1 aliphatic heterocycles. The Balaban J connectivity index is 2.11. The quantitative estimate of drug-likeness (QED) is 0.611. The number of nitrogens with one attached hydrogen (secondary N) is 1. The molecule has 1 saturated carbocycles. The van der Waals surface area contributed by atoms with Gasteiger partial charge in [0.2, 0.25) is 4.87 Å². The normalized spacial score (nSPS) is 32.3. The van der Waals surface area contributed by atoms with Crippen LogP contribution in [-0.4, -0.2) is 30.4 Å². The van der Waals surface area contributed by atoms with E-state index < -0.39 is 16.3 Å². The number of amides is 1. The van der Waals surface area contributed by atoms with Crippen LogP contribution in [0.5, 0.6) is 0 Å². The van der Waals surface area contributed by atoms with Crippen LogP contribution in [0.4, 0.5) is 0 Å². The van der Waals surface area contributed by atoms with Crippen LogP contribution in [0.2, 0.25) is 10.0 Å². The maximum Gasteiger partial charge on any atom is 0.254 e. The third-order valence-electron chi connectivity index (χ3n) is 5.31. The van der Waals surface area contributed by atoms with Crippen molar-refractivity contribution in [1.29, 1.82) is 0 Å². The summed E-state index contributed by atoms with van der Waals surface area (Å²) in [4.78, 5) is 24.5. The van der Waals surface area contributed by atoms with Crippen molar-refractivity contribution in [3.8, 4) is 0 Å². The molecule has 1 amide bonds. The molecule has 1 heterocycles. The molecule has 2 aliphatic rings. The van der Waals surface area contributed by atoms with Gasteiger partial charge in [0, 0.05) is 29.1 Å². The Labute approximate surface area is 162 Å². The third-order valence-corrected chi connectivity index (χ3v) is 6.36. The topological polar surface area (TPSA) is 55.4 Å². The number of rotatable bonds is 3. The highest BCUT2D eigenvalue weighted by atomic mass is 35.5. The zero-order valence-corrected chi connectivity index (χ0v) is 16.4. The largest absolute Gasteiger partial charge is 0.381 e. The Hall–Kier alpha value is -0.810. The number of ketones is 1. The van der Waals surface area contributed by atoms with Crippen molar-refractivity contribution in [3.05, 3.63) is 33.3 Å². The van der Waals surface area contributed by atoms with Gasteiger partial charge in [0.05, 0.1) is 6.10 Å². The van der Waals surface area contributed by atoms with Crippen LogP contribution in [0.1, 0.15) is 43.7 Å². The second-order valence-electron chi connectivity index (χ2n) is 6.75. The van der Waals surface area contributed by atoms with Crippen molar-refractivity contribution >= 4 is 46.5 Å². The van der Waals surface area contributed by atoms with Crippen molar-refractivity contribution in [1.82, 2.24) is 5.32 Å². The van der Waals surface area contributed by atoms with E-state index in [1.807, 2.05) is 6.92 Å². The van der Waals surface area contributed by atoms with Crippen molar-refractivity contribution in [2.45, 2.75) is 55.5 Å². The summed E-state index contributed by atoms with van der Waals surface area (Å²) in [7, 11) is 1.62. The molecule has 136 valence electrons. The Kier molecular flexibility index (Phi) is 5.11. The molecule has 0 aromatic heterocycles. The fraction of sp³-hybridized carbons (Fsp3) is 0.556. The van der Waals surface area contributed by atoms with E-state index in [-0.39, 0.29) is 16.9 Å². The van der Waals surface area contributed by atoms with Crippen molar-refractivity contribution in [2.75, 3.05) is 7.11 Å². The molecule has 1 N–H and O–H groups in total. The van der Waals surface area contributed by atoms with Gasteiger partial charge in [-0.1, -0.05) is 41.7 Å². The zero-order chi connectivity index (χ0) is 18.4. The lowest BCUT2D eigenvalue weighted by Gasteiger charge is -2.36. The van der Waals surface area contributed by atoms with Crippen LogP contribution in [0.3, 0.4) is 0 Å². The Bertz CT molecular complexity index is 739. The maximum absolute atomic E-state index is 13.4. The molecule has 1 spiro atoms. The number of carbonyl (C=O) groups excluding carboxylic acids is 2. The standard InChI is InChI=1S/C18H20Cl3NO3/c1-3-10-7-11(19)8-13(20)14(10)18(21)15(23)17(22-16(18)24)6-4-5-12(9-17)25-2/h7-8,12H,3-6,9H2,1-2H3,(H,22,24). The lowest BCUT2D eigenvalue weighted by molar-refractivity contribution is -0.128. The lowest BCUT2D eigenvalue weighted by atomic mass is 9.75. The number of hydrogen-bond acceptors (Lipinski definition) is 3. The summed E-state index contributed by atoms with van der Waals surface area (Å²) in [5.74, 6) is -0.859. The maximum atomic E-state index is 13.4.